The number of hydrogen-bond acceptors (Lipinski definition) is 3. The molecule has 0 fully saturated rings. The van der Waals surface area contributed by atoms with Crippen molar-refractivity contribution in [3.05, 3.63) is 35.9 Å². The zero-order chi connectivity index (χ0) is 12.0. The molecule has 2 amide bonds. The summed E-state index contributed by atoms with van der Waals surface area (Å²) in [4.78, 5) is 22.2. The van der Waals surface area contributed by atoms with Gasteiger partial charge in [0.15, 0.2) is 0 Å². The third kappa shape index (κ3) is 3.70. The maximum Gasteiger partial charge on any atom is 0.236 e. The van der Waals surface area contributed by atoms with Gasteiger partial charge in [-0.25, -0.2) is 5.84 Å². The number of nitrogens with two attached hydrogens (primary N) is 1. The molecule has 86 valence electrons. The van der Waals surface area contributed by atoms with Crippen LogP contribution < -0.4 is 16.6 Å². The lowest BCUT2D eigenvalue weighted by atomic mass is 10.0. The number of carbonyl (C=O) groups excluding carboxylic acids is 2. The molecule has 1 aromatic carbocycles. The van der Waals surface area contributed by atoms with Crippen LogP contribution in [-0.2, 0) is 9.59 Å². The van der Waals surface area contributed by atoms with Crippen LogP contribution in [0.25, 0.3) is 0 Å². The largest absolute Gasteiger partial charge is 0.349 e. The van der Waals surface area contributed by atoms with E-state index in [1.807, 2.05) is 35.8 Å². The van der Waals surface area contributed by atoms with E-state index in [4.69, 9.17) is 5.84 Å². The Labute approximate surface area is 94.0 Å². The molecule has 0 unspecified atom stereocenters. The first-order chi connectivity index (χ1) is 7.63. The lowest BCUT2D eigenvalue weighted by Crippen LogP contribution is -2.35. The van der Waals surface area contributed by atoms with E-state index in [1.54, 1.807) is 0 Å². The van der Waals surface area contributed by atoms with Gasteiger partial charge in [-0.15, -0.1) is 0 Å². The fourth-order valence-corrected chi connectivity index (χ4v) is 1.43. The first-order valence-electron chi connectivity index (χ1n) is 4.95. The van der Waals surface area contributed by atoms with E-state index in [1.165, 1.54) is 6.92 Å². The Bertz CT molecular complexity index is 365. The second kappa shape index (κ2) is 5.87. The lowest BCUT2D eigenvalue weighted by molar-refractivity contribution is -0.122. The summed E-state index contributed by atoms with van der Waals surface area (Å²) in [5, 5.41) is 2.71. The molecule has 0 spiro atoms. The summed E-state index contributed by atoms with van der Waals surface area (Å²) in [6.45, 7) is 1.41. The van der Waals surface area contributed by atoms with E-state index in [0.29, 0.717) is 0 Å². The number of rotatable bonds is 4. The minimum Gasteiger partial charge on any atom is -0.349 e. The molecule has 5 heteroatoms. The molecule has 0 saturated carbocycles. The molecule has 4 N–H and O–H groups in total. The van der Waals surface area contributed by atoms with Gasteiger partial charge >= 0.3 is 0 Å². The molecular weight excluding hydrogens is 206 g/mol. The Morgan fingerprint density at radius 3 is 2.44 bits per heavy atom. The van der Waals surface area contributed by atoms with Gasteiger partial charge in [-0.2, -0.15) is 0 Å². The van der Waals surface area contributed by atoms with Gasteiger partial charge in [-0.1, -0.05) is 30.3 Å². The summed E-state index contributed by atoms with van der Waals surface area (Å²) in [6.07, 6.45) is 0.125. The van der Waals surface area contributed by atoms with Crippen molar-refractivity contribution < 1.29 is 9.59 Å². The van der Waals surface area contributed by atoms with Crippen molar-refractivity contribution in [3.8, 4) is 0 Å². The molecule has 1 rings (SSSR count). The van der Waals surface area contributed by atoms with Crippen molar-refractivity contribution in [2.45, 2.75) is 19.4 Å². The Morgan fingerprint density at radius 2 is 1.94 bits per heavy atom. The van der Waals surface area contributed by atoms with Crippen molar-refractivity contribution in [3.63, 3.8) is 0 Å². The van der Waals surface area contributed by atoms with E-state index in [0.717, 1.165) is 5.56 Å². The van der Waals surface area contributed by atoms with Gasteiger partial charge in [0.1, 0.15) is 0 Å². The third-order valence-corrected chi connectivity index (χ3v) is 2.13. The predicted octanol–water partition coefficient (Wildman–Crippen LogP) is 0.244. The number of amides is 2. The van der Waals surface area contributed by atoms with Crippen LogP contribution in [0.15, 0.2) is 30.3 Å². The van der Waals surface area contributed by atoms with Gasteiger partial charge in [0, 0.05) is 6.92 Å². The van der Waals surface area contributed by atoms with Crippen LogP contribution in [0.1, 0.15) is 24.9 Å². The number of hydrogen-bond donors (Lipinski definition) is 3. The molecule has 0 aliphatic rings. The molecule has 0 radical (unpaired) electrons. The molecular formula is C11H15N3O2. The van der Waals surface area contributed by atoms with Crippen molar-refractivity contribution in [1.29, 1.82) is 0 Å². The van der Waals surface area contributed by atoms with Crippen LogP contribution in [0.4, 0.5) is 0 Å². The van der Waals surface area contributed by atoms with Gasteiger partial charge in [-0.3, -0.25) is 15.0 Å². The van der Waals surface area contributed by atoms with E-state index < -0.39 is 0 Å². The Morgan fingerprint density at radius 1 is 1.31 bits per heavy atom. The van der Waals surface area contributed by atoms with Crippen molar-refractivity contribution in [2.75, 3.05) is 0 Å². The van der Waals surface area contributed by atoms with Gasteiger partial charge in [0.25, 0.3) is 0 Å². The smallest absolute Gasteiger partial charge is 0.236 e. The summed E-state index contributed by atoms with van der Waals surface area (Å²) < 4.78 is 0. The molecule has 0 aromatic heterocycles. The molecule has 0 heterocycles. The highest BCUT2D eigenvalue weighted by molar-refractivity contribution is 5.78. The van der Waals surface area contributed by atoms with Gasteiger partial charge in [0.2, 0.25) is 11.8 Å². The van der Waals surface area contributed by atoms with Gasteiger partial charge < -0.3 is 5.32 Å². The van der Waals surface area contributed by atoms with Crippen molar-refractivity contribution in [2.24, 2.45) is 5.84 Å². The second-order valence-corrected chi connectivity index (χ2v) is 3.44. The van der Waals surface area contributed by atoms with Crippen molar-refractivity contribution >= 4 is 11.8 Å². The SMILES string of the molecule is CC(=O)N[C@H](CC(=O)NN)c1ccccc1. The fraction of sp³-hybridized carbons (Fsp3) is 0.273. The third-order valence-electron chi connectivity index (χ3n) is 2.13. The minimum absolute atomic E-state index is 0.125. The predicted molar refractivity (Wildman–Crippen MR) is 59.9 cm³/mol. The Kier molecular flexibility index (Phi) is 4.47. The summed E-state index contributed by atoms with van der Waals surface area (Å²) in [5.41, 5.74) is 2.92. The van der Waals surface area contributed by atoms with Crippen LogP contribution in [-0.4, -0.2) is 11.8 Å². The average molecular weight is 221 g/mol. The van der Waals surface area contributed by atoms with Gasteiger partial charge in [0.05, 0.1) is 12.5 Å². The zero-order valence-electron chi connectivity index (χ0n) is 9.07. The van der Waals surface area contributed by atoms with E-state index in [-0.39, 0.29) is 24.3 Å². The van der Waals surface area contributed by atoms with Crippen LogP contribution in [0.3, 0.4) is 0 Å². The van der Waals surface area contributed by atoms with Crippen molar-refractivity contribution in [1.82, 2.24) is 10.7 Å². The highest BCUT2D eigenvalue weighted by Gasteiger charge is 2.15. The fourth-order valence-electron chi connectivity index (χ4n) is 1.43. The average Bonchev–Trinajstić information content (AvgIpc) is 2.28. The first kappa shape index (κ1) is 12.2. The molecule has 1 aromatic rings. The van der Waals surface area contributed by atoms with E-state index >= 15 is 0 Å². The number of benzene rings is 1. The summed E-state index contributed by atoms with van der Waals surface area (Å²) in [6, 6.07) is 8.93. The molecule has 0 saturated heterocycles. The number of hydrazine groups is 1. The number of carbonyl (C=O) groups is 2. The molecule has 1 atom stereocenters. The van der Waals surface area contributed by atoms with Crippen LogP contribution in [0, 0.1) is 0 Å². The first-order valence-corrected chi connectivity index (χ1v) is 4.95. The standard InChI is InChI=1S/C11H15N3O2/c1-8(15)13-10(7-11(16)14-12)9-5-3-2-4-6-9/h2-6,10H,7,12H2,1H3,(H,13,15)(H,14,16)/t10-/m1/s1. The zero-order valence-corrected chi connectivity index (χ0v) is 9.07. The topological polar surface area (TPSA) is 84.2 Å². The van der Waals surface area contributed by atoms with E-state index in [9.17, 15) is 9.59 Å². The lowest BCUT2D eigenvalue weighted by Gasteiger charge is -2.17. The van der Waals surface area contributed by atoms with Gasteiger partial charge in [-0.05, 0) is 5.56 Å². The summed E-state index contributed by atoms with van der Waals surface area (Å²) in [5.74, 6) is 4.52. The second-order valence-electron chi connectivity index (χ2n) is 3.44. The Balaban J connectivity index is 2.79. The maximum absolute atomic E-state index is 11.2. The molecule has 5 nitrogen and oxygen atoms in total. The van der Waals surface area contributed by atoms with Crippen LogP contribution >= 0.6 is 0 Å². The molecule has 0 bridgehead atoms. The van der Waals surface area contributed by atoms with Crippen LogP contribution in [0.5, 0.6) is 0 Å². The van der Waals surface area contributed by atoms with Crippen LogP contribution in [0.2, 0.25) is 0 Å². The number of nitrogens with one attached hydrogen (secondary N) is 2. The minimum atomic E-state index is -0.345. The molecule has 0 aliphatic carbocycles. The Hall–Kier alpha value is -1.88. The highest BCUT2D eigenvalue weighted by Crippen LogP contribution is 2.15. The van der Waals surface area contributed by atoms with E-state index in [2.05, 4.69) is 5.32 Å². The normalized spacial score (nSPS) is 11.6. The quantitative estimate of drug-likeness (QED) is 0.387. The molecule has 0 aliphatic heterocycles. The molecule has 16 heavy (non-hydrogen) atoms. The maximum atomic E-state index is 11.2. The monoisotopic (exact) mass is 221 g/mol. The highest BCUT2D eigenvalue weighted by atomic mass is 16.2. The summed E-state index contributed by atoms with van der Waals surface area (Å²) in [7, 11) is 0. The summed E-state index contributed by atoms with van der Waals surface area (Å²) >= 11 is 0.